The smallest absolute Gasteiger partial charge is 0.339 e. The zero-order chi connectivity index (χ0) is 22.7. The highest BCUT2D eigenvalue weighted by Crippen LogP contribution is 2.49. The Labute approximate surface area is 196 Å². The lowest BCUT2D eigenvalue weighted by Gasteiger charge is -2.36. The summed E-state index contributed by atoms with van der Waals surface area (Å²) in [5, 5.41) is 1.71. The van der Waals surface area contributed by atoms with Crippen molar-refractivity contribution in [3.8, 4) is 0 Å². The van der Waals surface area contributed by atoms with Gasteiger partial charge < -0.3 is 4.74 Å². The molecule has 0 amide bonds. The Bertz CT molecular complexity index is 1090. The number of carbonyl (C=O) groups is 2. The van der Waals surface area contributed by atoms with E-state index in [-0.39, 0.29) is 5.78 Å². The second-order valence-corrected chi connectivity index (χ2v) is 8.64. The highest BCUT2D eigenvalue weighted by atomic mass is 79.9. The van der Waals surface area contributed by atoms with Crippen molar-refractivity contribution in [2.75, 3.05) is 5.06 Å². The molecule has 1 aliphatic rings. The first-order valence-electron chi connectivity index (χ1n) is 10.5. The third kappa shape index (κ3) is 3.96. The van der Waals surface area contributed by atoms with Gasteiger partial charge in [0, 0.05) is 4.47 Å². The highest BCUT2D eigenvalue weighted by Gasteiger charge is 2.62. The molecule has 1 fully saturated rings. The molecule has 0 spiro atoms. The van der Waals surface area contributed by atoms with Gasteiger partial charge in [0.1, 0.15) is 12.1 Å². The number of nitrogens with zero attached hydrogens (tertiary/aromatic N) is 1. The number of benzene rings is 3. The molecule has 0 bridgehead atoms. The number of hydrogen-bond donors (Lipinski definition) is 0. The molecule has 6 heteroatoms. The Morgan fingerprint density at radius 1 is 0.969 bits per heavy atom. The average Bonchev–Trinajstić information content (AvgIpc) is 3.15. The first-order chi connectivity index (χ1) is 15.5. The third-order valence-electron chi connectivity index (χ3n) is 5.75. The molecule has 0 aromatic heterocycles. The van der Waals surface area contributed by atoms with Crippen LogP contribution in [0.25, 0.3) is 0 Å². The summed E-state index contributed by atoms with van der Waals surface area (Å²) in [5.74, 6) is -0.826. The minimum absolute atomic E-state index is 0.262. The van der Waals surface area contributed by atoms with E-state index in [0.717, 1.165) is 15.7 Å². The Balaban J connectivity index is 1.85. The Kier molecular flexibility index (Phi) is 6.44. The molecule has 1 aliphatic heterocycles. The van der Waals surface area contributed by atoms with Gasteiger partial charge in [0.25, 0.3) is 0 Å². The Morgan fingerprint density at radius 3 is 2.12 bits per heavy atom. The lowest BCUT2D eigenvalue weighted by molar-refractivity contribution is -0.144. The maximum Gasteiger partial charge on any atom is 0.339 e. The number of esters is 1. The van der Waals surface area contributed by atoms with Crippen LogP contribution in [0, 0.1) is 0 Å². The van der Waals surface area contributed by atoms with Crippen LogP contribution in [-0.2, 0) is 14.4 Å². The maximum absolute atomic E-state index is 13.3. The van der Waals surface area contributed by atoms with Crippen LogP contribution in [0.15, 0.2) is 89.4 Å². The topological polar surface area (TPSA) is 55.8 Å². The molecule has 1 heterocycles. The Hall–Kier alpha value is -2.96. The lowest BCUT2D eigenvalue weighted by atomic mass is 9.80. The molecule has 4 rings (SSSR count). The van der Waals surface area contributed by atoms with E-state index in [4.69, 9.17) is 9.57 Å². The minimum atomic E-state index is -1.52. The largest absolute Gasteiger partial charge is 0.442 e. The standard InChI is InChI=1S/C26H24BrNO4/c1-3-23-26(18(2)29,31-25(30)20-14-16-21(27)17-15-20)24(19-10-6-4-7-11-19)28(32-23)22-12-8-5-9-13-22/h4-17,23-24H,3H2,1-2H3/t23-,24-,26+/m0/s1. The van der Waals surface area contributed by atoms with Crippen molar-refractivity contribution >= 4 is 33.4 Å². The van der Waals surface area contributed by atoms with Crippen LogP contribution < -0.4 is 5.06 Å². The van der Waals surface area contributed by atoms with Crippen LogP contribution in [0.5, 0.6) is 0 Å². The van der Waals surface area contributed by atoms with E-state index in [0.29, 0.717) is 12.0 Å². The van der Waals surface area contributed by atoms with Gasteiger partial charge in [-0.1, -0.05) is 71.4 Å². The summed E-state index contributed by atoms with van der Waals surface area (Å²) >= 11 is 3.38. The van der Waals surface area contributed by atoms with E-state index < -0.39 is 23.7 Å². The van der Waals surface area contributed by atoms with Gasteiger partial charge in [-0.25, -0.2) is 9.86 Å². The fraction of sp³-hybridized carbons (Fsp3) is 0.231. The molecular weight excluding hydrogens is 470 g/mol. The summed E-state index contributed by atoms with van der Waals surface area (Å²) in [7, 11) is 0. The molecule has 1 saturated heterocycles. The van der Waals surface area contributed by atoms with Crippen LogP contribution in [0.2, 0.25) is 0 Å². The number of ketones is 1. The van der Waals surface area contributed by atoms with E-state index in [1.807, 2.05) is 67.6 Å². The number of anilines is 1. The van der Waals surface area contributed by atoms with Crippen molar-refractivity contribution in [2.24, 2.45) is 0 Å². The quantitative estimate of drug-likeness (QED) is 0.399. The molecule has 32 heavy (non-hydrogen) atoms. The molecule has 3 atom stereocenters. The molecule has 5 nitrogen and oxygen atoms in total. The van der Waals surface area contributed by atoms with Crippen LogP contribution in [0.1, 0.15) is 42.2 Å². The number of carbonyl (C=O) groups excluding carboxylic acids is 2. The number of hydrogen-bond acceptors (Lipinski definition) is 5. The van der Waals surface area contributed by atoms with Crippen LogP contribution >= 0.6 is 15.9 Å². The normalized spacial score (nSPS) is 22.5. The molecule has 0 saturated carbocycles. The van der Waals surface area contributed by atoms with Crippen molar-refractivity contribution in [3.63, 3.8) is 0 Å². The number of ether oxygens (including phenoxy) is 1. The van der Waals surface area contributed by atoms with Gasteiger partial charge in [0.2, 0.25) is 5.60 Å². The predicted molar refractivity (Wildman–Crippen MR) is 126 cm³/mol. The monoisotopic (exact) mass is 493 g/mol. The maximum atomic E-state index is 13.3. The summed E-state index contributed by atoms with van der Waals surface area (Å²) in [5.41, 5.74) is 0.457. The number of para-hydroxylation sites is 1. The lowest BCUT2D eigenvalue weighted by Crippen LogP contribution is -2.53. The van der Waals surface area contributed by atoms with Gasteiger partial charge >= 0.3 is 5.97 Å². The number of hydroxylamine groups is 1. The summed E-state index contributed by atoms with van der Waals surface area (Å²) in [6.07, 6.45) is -0.162. The fourth-order valence-corrected chi connectivity index (χ4v) is 4.48. The molecule has 0 aliphatic carbocycles. The second kappa shape index (κ2) is 9.27. The number of halogens is 1. The van der Waals surface area contributed by atoms with Crippen molar-refractivity contribution in [1.82, 2.24) is 0 Å². The van der Waals surface area contributed by atoms with E-state index in [1.54, 1.807) is 29.3 Å². The Morgan fingerprint density at radius 2 is 1.56 bits per heavy atom. The van der Waals surface area contributed by atoms with Crippen molar-refractivity contribution in [2.45, 2.75) is 38.0 Å². The highest BCUT2D eigenvalue weighted by molar-refractivity contribution is 9.10. The van der Waals surface area contributed by atoms with E-state index >= 15 is 0 Å². The van der Waals surface area contributed by atoms with Gasteiger partial charge in [0.05, 0.1) is 11.3 Å². The molecule has 0 unspecified atom stereocenters. The fourth-order valence-electron chi connectivity index (χ4n) is 4.22. The first kappa shape index (κ1) is 22.2. The van der Waals surface area contributed by atoms with Crippen molar-refractivity contribution in [1.29, 1.82) is 0 Å². The minimum Gasteiger partial charge on any atom is -0.442 e. The first-order valence-corrected chi connectivity index (χ1v) is 11.3. The third-order valence-corrected chi connectivity index (χ3v) is 6.28. The van der Waals surface area contributed by atoms with Gasteiger partial charge in [-0.2, -0.15) is 0 Å². The average molecular weight is 494 g/mol. The number of rotatable bonds is 6. The molecule has 0 N–H and O–H groups in total. The number of Topliss-reactive ketones (excluding diaryl/α,β-unsaturated/α-hetero) is 1. The van der Waals surface area contributed by atoms with E-state index in [9.17, 15) is 9.59 Å². The van der Waals surface area contributed by atoms with Gasteiger partial charge in [0.15, 0.2) is 5.78 Å². The van der Waals surface area contributed by atoms with Crippen LogP contribution in [0.3, 0.4) is 0 Å². The molecule has 3 aromatic rings. The molecule has 164 valence electrons. The zero-order valence-electron chi connectivity index (χ0n) is 17.9. The molecular formula is C26H24BrNO4. The molecule has 3 aromatic carbocycles. The van der Waals surface area contributed by atoms with E-state index in [1.165, 1.54) is 6.92 Å². The van der Waals surface area contributed by atoms with Gasteiger partial charge in [-0.15, -0.1) is 0 Å². The summed E-state index contributed by atoms with van der Waals surface area (Å²) < 4.78 is 6.99. The summed E-state index contributed by atoms with van der Waals surface area (Å²) in [6, 6.07) is 25.3. The summed E-state index contributed by atoms with van der Waals surface area (Å²) in [6.45, 7) is 3.39. The zero-order valence-corrected chi connectivity index (χ0v) is 19.5. The van der Waals surface area contributed by atoms with Crippen LogP contribution in [0.4, 0.5) is 5.69 Å². The van der Waals surface area contributed by atoms with E-state index in [2.05, 4.69) is 15.9 Å². The SMILES string of the molecule is CC[C@@H]1ON(c2ccccc2)[C@@H](c2ccccc2)[C@@]1(OC(=O)c1ccc(Br)cc1)C(C)=O. The molecule has 0 radical (unpaired) electrons. The predicted octanol–water partition coefficient (Wildman–Crippen LogP) is 5.91. The van der Waals surface area contributed by atoms with Crippen LogP contribution in [-0.4, -0.2) is 23.5 Å². The van der Waals surface area contributed by atoms with Crippen molar-refractivity contribution < 1.29 is 19.2 Å². The van der Waals surface area contributed by atoms with Gasteiger partial charge in [-0.3, -0.25) is 9.63 Å². The van der Waals surface area contributed by atoms with Gasteiger partial charge in [-0.05, 0) is 55.3 Å². The summed E-state index contributed by atoms with van der Waals surface area (Å²) in [4.78, 5) is 32.9. The second-order valence-electron chi connectivity index (χ2n) is 7.72. The van der Waals surface area contributed by atoms with Crippen molar-refractivity contribution in [3.05, 3.63) is 101 Å².